The topological polar surface area (TPSA) is 110 Å². The van der Waals surface area contributed by atoms with Gasteiger partial charge in [0.15, 0.2) is 11.5 Å². The Morgan fingerprint density at radius 2 is 1.59 bits per heavy atom. The Labute approximate surface area is 124 Å². The molecule has 22 heavy (non-hydrogen) atoms. The minimum Gasteiger partial charge on any atom is -0.507 e. The molecule has 112 valence electrons. The van der Waals surface area contributed by atoms with Crippen LogP contribution in [0.2, 0.25) is 0 Å². The summed E-state index contributed by atoms with van der Waals surface area (Å²) >= 11 is 0. The molecular formula is C15H10O7. The number of carbonyl (C=O) groups is 3. The standard InChI is InChI=1S/C15H10O7/c16-7-21-12-6-5-10(14(20)15(12)22-8-17)13(19)9-3-1-2-4-11(9)18/h1-8,18,20H. The van der Waals surface area contributed by atoms with Crippen molar-refractivity contribution < 1.29 is 34.1 Å². The van der Waals surface area contributed by atoms with Crippen molar-refractivity contribution in [3.8, 4) is 23.0 Å². The monoisotopic (exact) mass is 302 g/mol. The molecule has 0 aliphatic heterocycles. The second-order valence-corrected chi connectivity index (χ2v) is 4.06. The Morgan fingerprint density at radius 1 is 0.909 bits per heavy atom. The average Bonchev–Trinajstić information content (AvgIpc) is 2.51. The molecular weight excluding hydrogens is 292 g/mol. The quantitative estimate of drug-likeness (QED) is 0.613. The lowest BCUT2D eigenvalue weighted by molar-refractivity contribution is -0.123. The summed E-state index contributed by atoms with van der Waals surface area (Å²) in [6.07, 6.45) is 0. The minimum absolute atomic E-state index is 0.0148. The van der Waals surface area contributed by atoms with Gasteiger partial charge >= 0.3 is 0 Å². The van der Waals surface area contributed by atoms with Gasteiger partial charge in [-0.1, -0.05) is 12.1 Å². The largest absolute Gasteiger partial charge is 0.507 e. The van der Waals surface area contributed by atoms with Gasteiger partial charge in [-0.2, -0.15) is 0 Å². The zero-order valence-corrected chi connectivity index (χ0v) is 11.1. The highest BCUT2D eigenvalue weighted by molar-refractivity contribution is 6.12. The van der Waals surface area contributed by atoms with Gasteiger partial charge in [-0.25, -0.2) is 0 Å². The van der Waals surface area contributed by atoms with Gasteiger partial charge in [-0.3, -0.25) is 14.4 Å². The van der Waals surface area contributed by atoms with E-state index in [1.807, 2.05) is 0 Å². The first-order valence-electron chi connectivity index (χ1n) is 5.99. The summed E-state index contributed by atoms with van der Waals surface area (Å²) in [6.45, 7) is 0.0952. The predicted molar refractivity (Wildman–Crippen MR) is 73.0 cm³/mol. The molecule has 0 fully saturated rings. The van der Waals surface area contributed by atoms with Gasteiger partial charge in [-0.05, 0) is 24.3 Å². The number of hydrogen-bond donors (Lipinski definition) is 2. The summed E-state index contributed by atoms with van der Waals surface area (Å²) in [7, 11) is 0. The molecule has 0 aliphatic carbocycles. The van der Waals surface area contributed by atoms with Crippen molar-refractivity contribution in [2.75, 3.05) is 0 Å². The summed E-state index contributed by atoms with van der Waals surface area (Å²) < 4.78 is 9.10. The van der Waals surface area contributed by atoms with E-state index < -0.39 is 17.3 Å². The fourth-order valence-electron chi connectivity index (χ4n) is 1.85. The Balaban J connectivity index is 2.54. The van der Waals surface area contributed by atoms with Gasteiger partial charge in [0.1, 0.15) is 5.75 Å². The molecule has 2 aromatic rings. The van der Waals surface area contributed by atoms with Gasteiger partial charge in [0.2, 0.25) is 11.5 Å². The third kappa shape index (κ3) is 2.73. The smallest absolute Gasteiger partial charge is 0.298 e. The van der Waals surface area contributed by atoms with Crippen LogP contribution in [0, 0.1) is 0 Å². The molecule has 0 radical (unpaired) electrons. The van der Waals surface area contributed by atoms with Crippen LogP contribution in [0.3, 0.4) is 0 Å². The van der Waals surface area contributed by atoms with Gasteiger partial charge in [0.05, 0.1) is 11.1 Å². The second-order valence-electron chi connectivity index (χ2n) is 4.06. The molecule has 0 spiro atoms. The van der Waals surface area contributed by atoms with Crippen LogP contribution in [0.15, 0.2) is 36.4 Å². The maximum Gasteiger partial charge on any atom is 0.298 e. The Bertz CT molecular complexity index is 737. The van der Waals surface area contributed by atoms with Crippen LogP contribution >= 0.6 is 0 Å². The lowest BCUT2D eigenvalue weighted by atomic mass is 10.0. The average molecular weight is 302 g/mol. The molecule has 0 aliphatic rings. The molecule has 0 unspecified atom stereocenters. The van der Waals surface area contributed by atoms with Gasteiger partial charge < -0.3 is 19.7 Å². The van der Waals surface area contributed by atoms with E-state index in [1.165, 1.54) is 36.4 Å². The van der Waals surface area contributed by atoms with E-state index in [2.05, 4.69) is 9.47 Å². The molecule has 7 heteroatoms. The lowest BCUT2D eigenvalue weighted by Crippen LogP contribution is -2.04. The Hall–Kier alpha value is -3.35. The third-order valence-corrected chi connectivity index (χ3v) is 2.83. The van der Waals surface area contributed by atoms with Crippen LogP contribution < -0.4 is 9.47 Å². The number of aromatic hydroxyl groups is 2. The summed E-state index contributed by atoms with van der Waals surface area (Å²) in [6, 6.07) is 8.12. The van der Waals surface area contributed by atoms with E-state index in [0.717, 1.165) is 0 Å². The van der Waals surface area contributed by atoms with Crippen molar-refractivity contribution in [3.05, 3.63) is 47.5 Å². The van der Waals surface area contributed by atoms with Crippen LogP contribution in [0.4, 0.5) is 0 Å². The second kappa shape index (κ2) is 6.40. The maximum absolute atomic E-state index is 12.3. The van der Waals surface area contributed by atoms with E-state index in [1.54, 1.807) is 0 Å². The van der Waals surface area contributed by atoms with Crippen molar-refractivity contribution >= 4 is 18.7 Å². The van der Waals surface area contributed by atoms with E-state index in [4.69, 9.17) is 0 Å². The SMILES string of the molecule is O=COc1ccc(C(=O)c2ccccc2O)c(O)c1OC=O. The highest BCUT2D eigenvalue weighted by Crippen LogP contribution is 2.40. The van der Waals surface area contributed by atoms with Gasteiger partial charge in [0, 0.05) is 0 Å². The number of para-hydroxylation sites is 1. The molecule has 2 N–H and O–H groups in total. The highest BCUT2D eigenvalue weighted by atomic mass is 16.6. The molecule has 0 amide bonds. The molecule has 0 aromatic heterocycles. The van der Waals surface area contributed by atoms with Crippen molar-refractivity contribution in [2.45, 2.75) is 0 Å². The van der Waals surface area contributed by atoms with Crippen molar-refractivity contribution in [1.29, 1.82) is 0 Å². The summed E-state index contributed by atoms with van der Waals surface area (Å²) in [5.74, 6) is -2.33. The molecule has 0 atom stereocenters. The van der Waals surface area contributed by atoms with Crippen LogP contribution in [0.25, 0.3) is 0 Å². The molecule has 0 bridgehead atoms. The molecule has 2 rings (SSSR count). The first kappa shape index (κ1) is 15.0. The lowest BCUT2D eigenvalue weighted by Gasteiger charge is -2.11. The van der Waals surface area contributed by atoms with Gasteiger partial charge in [-0.15, -0.1) is 0 Å². The maximum atomic E-state index is 12.3. The molecule has 0 heterocycles. The zero-order valence-electron chi connectivity index (χ0n) is 11.1. The van der Waals surface area contributed by atoms with Crippen molar-refractivity contribution in [2.24, 2.45) is 0 Å². The number of phenolic OH excluding ortho intramolecular Hbond substituents is 2. The van der Waals surface area contributed by atoms with Crippen LogP contribution in [0.5, 0.6) is 23.0 Å². The third-order valence-electron chi connectivity index (χ3n) is 2.83. The Kier molecular flexibility index (Phi) is 4.38. The number of rotatable bonds is 6. The van der Waals surface area contributed by atoms with Crippen LogP contribution in [-0.2, 0) is 9.59 Å². The molecule has 2 aromatic carbocycles. The summed E-state index contributed by atoms with van der Waals surface area (Å²) in [5.41, 5.74) is -0.268. The Morgan fingerprint density at radius 3 is 2.23 bits per heavy atom. The van der Waals surface area contributed by atoms with Crippen molar-refractivity contribution in [3.63, 3.8) is 0 Å². The minimum atomic E-state index is -0.691. The van der Waals surface area contributed by atoms with E-state index in [-0.39, 0.29) is 35.6 Å². The van der Waals surface area contributed by atoms with E-state index in [0.29, 0.717) is 0 Å². The van der Waals surface area contributed by atoms with Crippen LogP contribution in [0.1, 0.15) is 15.9 Å². The van der Waals surface area contributed by atoms with Crippen molar-refractivity contribution in [1.82, 2.24) is 0 Å². The number of carbonyl (C=O) groups excluding carboxylic acids is 3. The molecule has 7 nitrogen and oxygen atoms in total. The fourth-order valence-corrected chi connectivity index (χ4v) is 1.85. The van der Waals surface area contributed by atoms with E-state index in [9.17, 15) is 24.6 Å². The van der Waals surface area contributed by atoms with Crippen LogP contribution in [-0.4, -0.2) is 28.9 Å². The summed E-state index contributed by atoms with van der Waals surface area (Å²) in [5, 5.41) is 19.8. The first-order valence-corrected chi connectivity index (χ1v) is 5.99. The zero-order chi connectivity index (χ0) is 16.1. The molecule has 0 saturated heterocycles. The normalized spacial score (nSPS) is 9.82. The number of ketones is 1. The highest BCUT2D eigenvalue weighted by Gasteiger charge is 2.22. The number of phenols is 2. The number of hydrogen-bond acceptors (Lipinski definition) is 7. The summed E-state index contributed by atoms with van der Waals surface area (Å²) in [4.78, 5) is 33.2. The fraction of sp³-hybridized carbons (Fsp3) is 0. The molecule has 0 saturated carbocycles. The van der Waals surface area contributed by atoms with E-state index >= 15 is 0 Å². The van der Waals surface area contributed by atoms with Gasteiger partial charge in [0.25, 0.3) is 12.9 Å². The first-order chi connectivity index (χ1) is 10.6. The predicted octanol–water partition coefficient (Wildman–Crippen LogP) is 1.40. The number of ether oxygens (including phenoxy) is 2. The number of benzene rings is 2.